The number of fused-ring (bicyclic) bond motifs is 5. The molecule has 3 aliphatic carbocycles. The molecule has 0 radical (unpaired) electrons. The maximum atomic E-state index is 12.4. The summed E-state index contributed by atoms with van der Waals surface area (Å²) in [5.74, 6) is -1.42. The Morgan fingerprint density at radius 1 is 0.409 bits per heavy atom. The van der Waals surface area contributed by atoms with Crippen LogP contribution in [-0.2, 0) is 9.59 Å². The van der Waals surface area contributed by atoms with Gasteiger partial charge in [-0.15, -0.1) is 0 Å². The minimum absolute atomic E-state index is 0.281. The minimum atomic E-state index is -0.447. The molecule has 208 valence electrons. The quantitative estimate of drug-likeness (QED) is 0.119. The lowest BCUT2D eigenvalue weighted by Crippen LogP contribution is -2.36. The number of allylic oxidation sites excluding steroid dienone is 4. The van der Waals surface area contributed by atoms with E-state index in [2.05, 4.69) is 115 Å². The van der Waals surface area contributed by atoms with Crippen LogP contribution in [0.4, 0.5) is 0 Å². The second-order valence-electron chi connectivity index (χ2n) is 11.5. The van der Waals surface area contributed by atoms with Gasteiger partial charge in [-0.2, -0.15) is 0 Å². The summed E-state index contributed by atoms with van der Waals surface area (Å²) in [4.78, 5) is 24.4. The fourth-order valence-electron chi connectivity index (χ4n) is 6.89. The first kappa shape index (κ1) is 26.1. The molecule has 0 aliphatic heterocycles. The van der Waals surface area contributed by atoms with Gasteiger partial charge in [-0.05, 0) is 77.5 Å². The number of carbonyl (C=O) groups is 2. The molecule has 3 aliphatic rings. The Balaban J connectivity index is 0.000000134. The van der Waals surface area contributed by atoms with Crippen LogP contribution in [0.25, 0.3) is 59.8 Å². The highest BCUT2D eigenvalue weighted by Crippen LogP contribution is 2.43. The van der Waals surface area contributed by atoms with Crippen LogP contribution in [0, 0.1) is 11.8 Å². The lowest BCUT2D eigenvalue weighted by molar-refractivity contribution is -0.139. The monoisotopic (exact) mass is 564 g/mol. The molecule has 2 heteroatoms. The second-order valence-corrected chi connectivity index (χ2v) is 11.5. The van der Waals surface area contributed by atoms with Crippen LogP contribution in [0.3, 0.4) is 0 Å². The number of hydrogen-bond donors (Lipinski definition) is 0. The smallest absolute Gasteiger partial charge is 0.210 e. The number of benzene rings is 7. The fraction of sp³-hybridized carbons (Fsp3) is 0.0476. The number of ketones is 2. The maximum absolute atomic E-state index is 12.4. The zero-order valence-electron chi connectivity index (χ0n) is 24.0. The molecule has 2 nitrogen and oxygen atoms in total. The van der Waals surface area contributed by atoms with E-state index in [1.54, 1.807) is 0 Å². The summed E-state index contributed by atoms with van der Waals surface area (Å²) in [7, 11) is 0. The molecule has 7 aromatic rings. The van der Waals surface area contributed by atoms with Crippen molar-refractivity contribution in [2.75, 3.05) is 0 Å². The fourth-order valence-corrected chi connectivity index (χ4v) is 6.89. The average molecular weight is 565 g/mol. The molecule has 2 atom stereocenters. The van der Waals surface area contributed by atoms with Gasteiger partial charge >= 0.3 is 0 Å². The molecule has 0 fully saturated rings. The van der Waals surface area contributed by atoms with E-state index in [0.717, 1.165) is 32.7 Å². The van der Waals surface area contributed by atoms with Gasteiger partial charge in [0.1, 0.15) is 0 Å². The summed E-state index contributed by atoms with van der Waals surface area (Å²) >= 11 is 0. The number of carbonyl (C=O) groups excluding carboxylic acids is 2. The zero-order valence-corrected chi connectivity index (χ0v) is 24.0. The van der Waals surface area contributed by atoms with Gasteiger partial charge in [0, 0.05) is 0 Å². The summed E-state index contributed by atoms with van der Waals surface area (Å²) in [6.45, 7) is 0. The van der Waals surface area contributed by atoms with Crippen molar-refractivity contribution in [3.05, 3.63) is 163 Å². The van der Waals surface area contributed by atoms with Gasteiger partial charge in [-0.1, -0.05) is 146 Å². The lowest BCUT2D eigenvalue weighted by atomic mass is 9.71. The standard InChI is InChI=1S/C22H14O2.C20H14/c23-21-15-9-10-18(22(21)24)19(12-15)20-16-7-3-1-5-13(16)11-14-6-2-4-8-17(14)20;1-2-8-15(9-3-1)20-18-12-6-4-10-16(18)14-17-11-5-7-13-19(17)20/h1-12,15,18H;1-14H. The van der Waals surface area contributed by atoms with E-state index in [0.29, 0.717) is 0 Å². The number of rotatable bonds is 2. The van der Waals surface area contributed by atoms with Gasteiger partial charge in [-0.25, -0.2) is 0 Å². The summed E-state index contributed by atoms with van der Waals surface area (Å²) in [5, 5.41) is 9.78. The van der Waals surface area contributed by atoms with Crippen molar-refractivity contribution in [1.29, 1.82) is 0 Å². The minimum Gasteiger partial charge on any atom is -0.290 e. The zero-order chi connectivity index (χ0) is 29.6. The van der Waals surface area contributed by atoms with Crippen LogP contribution in [0.2, 0.25) is 0 Å². The average Bonchev–Trinajstić information content (AvgIpc) is 3.08. The van der Waals surface area contributed by atoms with Crippen molar-refractivity contribution in [3.63, 3.8) is 0 Å². The van der Waals surface area contributed by atoms with E-state index in [4.69, 9.17) is 0 Å². The van der Waals surface area contributed by atoms with Crippen molar-refractivity contribution in [2.24, 2.45) is 11.8 Å². The van der Waals surface area contributed by atoms with Gasteiger partial charge in [0.15, 0.2) is 0 Å². The first-order valence-corrected chi connectivity index (χ1v) is 15.0. The van der Waals surface area contributed by atoms with E-state index < -0.39 is 11.8 Å². The molecule has 0 saturated heterocycles. The topological polar surface area (TPSA) is 34.1 Å². The Labute approximate surface area is 255 Å². The van der Waals surface area contributed by atoms with E-state index in [-0.39, 0.29) is 11.6 Å². The highest BCUT2D eigenvalue weighted by atomic mass is 16.2. The van der Waals surface area contributed by atoms with E-state index in [1.807, 2.05) is 42.5 Å². The Hall–Kier alpha value is -5.60. The predicted octanol–water partition coefficient (Wildman–Crippen LogP) is 9.99. The first-order chi connectivity index (χ1) is 21.7. The van der Waals surface area contributed by atoms with E-state index in [1.165, 1.54) is 32.7 Å². The molecule has 44 heavy (non-hydrogen) atoms. The highest BCUT2D eigenvalue weighted by molar-refractivity contribution is 6.44. The van der Waals surface area contributed by atoms with Crippen molar-refractivity contribution in [1.82, 2.24) is 0 Å². The molecule has 2 unspecified atom stereocenters. The molecule has 0 amide bonds. The molecule has 0 spiro atoms. The highest BCUT2D eigenvalue weighted by Gasteiger charge is 2.40. The molecule has 0 saturated carbocycles. The largest absolute Gasteiger partial charge is 0.290 e. The third kappa shape index (κ3) is 4.27. The molecule has 0 N–H and O–H groups in total. The van der Waals surface area contributed by atoms with Crippen molar-refractivity contribution in [2.45, 2.75) is 0 Å². The van der Waals surface area contributed by atoms with Crippen molar-refractivity contribution in [3.8, 4) is 11.1 Å². The van der Waals surface area contributed by atoms with Crippen LogP contribution >= 0.6 is 0 Å². The Morgan fingerprint density at radius 2 is 0.841 bits per heavy atom. The van der Waals surface area contributed by atoms with Gasteiger partial charge in [0.2, 0.25) is 11.6 Å². The Bertz CT molecular complexity index is 2220. The van der Waals surface area contributed by atoms with Crippen LogP contribution in [0.5, 0.6) is 0 Å². The van der Waals surface area contributed by atoms with Gasteiger partial charge in [0.25, 0.3) is 0 Å². The molecular weight excluding hydrogens is 536 g/mol. The number of hydrogen-bond acceptors (Lipinski definition) is 2. The van der Waals surface area contributed by atoms with Crippen molar-refractivity contribution < 1.29 is 9.59 Å². The van der Waals surface area contributed by atoms with Crippen LogP contribution in [-0.4, -0.2) is 11.6 Å². The molecule has 2 bridgehead atoms. The molecular formula is C42H28O2. The predicted molar refractivity (Wildman–Crippen MR) is 182 cm³/mol. The molecule has 10 rings (SSSR count). The lowest BCUT2D eigenvalue weighted by Gasteiger charge is -2.29. The number of Topliss-reactive ketones (excluding diaryl/α,β-unsaturated/α-hetero) is 2. The molecule has 7 aromatic carbocycles. The molecule has 0 heterocycles. The SMILES string of the molecule is O=C1C(=O)C2C=CC1C=C2c1c2ccccc2cc2ccccc12.c1ccc(-c2c3ccccc3cc3ccccc23)cc1. The third-order valence-electron chi connectivity index (χ3n) is 8.93. The van der Waals surface area contributed by atoms with Crippen LogP contribution in [0.15, 0.2) is 158 Å². The summed E-state index contributed by atoms with van der Waals surface area (Å²) < 4.78 is 0. The van der Waals surface area contributed by atoms with Crippen LogP contribution < -0.4 is 0 Å². The van der Waals surface area contributed by atoms with Gasteiger partial charge < -0.3 is 0 Å². The van der Waals surface area contributed by atoms with E-state index >= 15 is 0 Å². The Kier molecular flexibility index (Phi) is 6.27. The van der Waals surface area contributed by atoms with Crippen LogP contribution in [0.1, 0.15) is 5.56 Å². The third-order valence-corrected chi connectivity index (χ3v) is 8.93. The Morgan fingerprint density at radius 3 is 1.32 bits per heavy atom. The molecule has 0 aromatic heterocycles. The summed E-state index contributed by atoms with van der Waals surface area (Å²) in [6, 6.07) is 48.8. The summed E-state index contributed by atoms with van der Waals surface area (Å²) in [6.07, 6.45) is 5.72. The normalized spacial score (nSPS) is 17.2. The first-order valence-electron chi connectivity index (χ1n) is 15.0. The maximum Gasteiger partial charge on any atom is 0.210 e. The van der Waals surface area contributed by atoms with Crippen molar-refractivity contribution >= 4 is 60.2 Å². The van der Waals surface area contributed by atoms with E-state index in [9.17, 15) is 9.59 Å². The van der Waals surface area contributed by atoms with Gasteiger partial charge in [-0.3, -0.25) is 9.59 Å². The van der Waals surface area contributed by atoms with Gasteiger partial charge in [0.05, 0.1) is 11.8 Å². The second kappa shape index (κ2) is 10.6. The summed E-state index contributed by atoms with van der Waals surface area (Å²) in [5.41, 5.74) is 4.67.